The summed E-state index contributed by atoms with van der Waals surface area (Å²) in [4.78, 5) is 12.2. The van der Waals surface area contributed by atoms with Crippen LogP contribution in [0.2, 0.25) is 5.02 Å². The van der Waals surface area contributed by atoms with Crippen LogP contribution in [0.15, 0.2) is 72.9 Å². The summed E-state index contributed by atoms with van der Waals surface area (Å²) >= 11 is 6.09. The van der Waals surface area contributed by atoms with Gasteiger partial charge in [-0.1, -0.05) is 35.9 Å². The second-order valence-corrected chi connectivity index (χ2v) is 8.23. The Morgan fingerprint density at radius 2 is 1.82 bits per heavy atom. The molecule has 1 aromatic heterocycles. The molecule has 0 amide bonds. The molecule has 33 heavy (non-hydrogen) atoms. The van der Waals surface area contributed by atoms with Crippen LogP contribution in [0.1, 0.15) is 27.0 Å². The molecule has 0 N–H and O–H groups in total. The molecule has 1 heterocycles. The van der Waals surface area contributed by atoms with E-state index in [1.165, 1.54) is 7.11 Å². The molecule has 3 aromatic carbocycles. The average molecular weight is 464 g/mol. The molecular formula is C27H26ClNO4. The number of esters is 1. The third-order valence-corrected chi connectivity index (χ3v) is 5.75. The Bertz CT molecular complexity index is 1260. The molecule has 0 aliphatic heterocycles. The normalized spacial score (nSPS) is 11.0. The van der Waals surface area contributed by atoms with Gasteiger partial charge in [-0.25, -0.2) is 4.79 Å². The van der Waals surface area contributed by atoms with Crippen LogP contribution in [-0.2, 0) is 22.4 Å². The van der Waals surface area contributed by atoms with Crippen molar-refractivity contribution in [2.45, 2.75) is 13.0 Å². The SMILES string of the molecule is COCCOc1cccc(Cn2ccc3cc(Cc4ccc(Cl)cc4C(=O)OC)ccc32)c1. The molecule has 5 nitrogen and oxygen atoms in total. The van der Waals surface area contributed by atoms with E-state index in [0.29, 0.717) is 30.2 Å². The van der Waals surface area contributed by atoms with Crippen LogP contribution in [0.5, 0.6) is 5.75 Å². The monoisotopic (exact) mass is 463 g/mol. The average Bonchev–Trinajstić information content (AvgIpc) is 3.22. The molecule has 0 spiro atoms. The van der Waals surface area contributed by atoms with E-state index in [1.54, 1.807) is 19.2 Å². The van der Waals surface area contributed by atoms with E-state index in [9.17, 15) is 4.79 Å². The van der Waals surface area contributed by atoms with Gasteiger partial charge in [-0.3, -0.25) is 0 Å². The van der Waals surface area contributed by atoms with E-state index in [0.717, 1.165) is 39.9 Å². The number of aromatic nitrogens is 1. The van der Waals surface area contributed by atoms with Gasteiger partial charge < -0.3 is 18.8 Å². The van der Waals surface area contributed by atoms with Gasteiger partial charge in [0.15, 0.2) is 0 Å². The topological polar surface area (TPSA) is 49.7 Å². The van der Waals surface area contributed by atoms with E-state index < -0.39 is 0 Å². The number of benzene rings is 3. The molecular weight excluding hydrogens is 438 g/mol. The number of nitrogens with zero attached hydrogens (tertiary/aromatic N) is 1. The quantitative estimate of drug-likeness (QED) is 0.234. The fraction of sp³-hybridized carbons (Fsp3) is 0.222. The minimum Gasteiger partial charge on any atom is -0.491 e. The van der Waals surface area contributed by atoms with Crippen molar-refractivity contribution in [3.63, 3.8) is 0 Å². The number of fused-ring (bicyclic) bond motifs is 1. The van der Waals surface area contributed by atoms with E-state index >= 15 is 0 Å². The first-order valence-corrected chi connectivity index (χ1v) is 11.1. The van der Waals surface area contributed by atoms with Gasteiger partial charge in [-0.05, 0) is 71.0 Å². The molecule has 0 saturated heterocycles. The Kier molecular flexibility index (Phi) is 7.33. The van der Waals surface area contributed by atoms with Crippen molar-refractivity contribution >= 4 is 28.5 Å². The van der Waals surface area contributed by atoms with Gasteiger partial charge >= 0.3 is 5.97 Å². The summed E-state index contributed by atoms with van der Waals surface area (Å²) in [6.45, 7) is 1.83. The molecule has 0 fully saturated rings. The van der Waals surface area contributed by atoms with E-state index in [4.69, 9.17) is 25.8 Å². The number of rotatable bonds is 9. The zero-order valence-electron chi connectivity index (χ0n) is 18.7. The maximum Gasteiger partial charge on any atom is 0.338 e. The lowest BCUT2D eigenvalue weighted by Gasteiger charge is -2.11. The molecule has 0 aliphatic rings. The van der Waals surface area contributed by atoms with Gasteiger partial charge in [0.1, 0.15) is 12.4 Å². The predicted molar refractivity (Wildman–Crippen MR) is 130 cm³/mol. The summed E-state index contributed by atoms with van der Waals surface area (Å²) in [6, 6.07) is 21.9. The second kappa shape index (κ2) is 10.6. The van der Waals surface area contributed by atoms with Crippen molar-refractivity contribution in [3.05, 3.63) is 100 Å². The Morgan fingerprint density at radius 3 is 2.64 bits per heavy atom. The second-order valence-electron chi connectivity index (χ2n) is 7.80. The van der Waals surface area contributed by atoms with Crippen molar-refractivity contribution in [2.75, 3.05) is 27.4 Å². The molecule has 0 atom stereocenters. The van der Waals surface area contributed by atoms with E-state index in [1.807, 2.05) is 18.2 Å². The van der Waals surface area contributed by atoms with Gasteiger partial charge in [-0.2, -0.15) is 0 Å². The molecule has 170 valence electrons. The van der Waals surface area contributed by atoms with Gasteiger partial charge in [0.2, 0.25) is 0 Å². The van der Waals surface area contributed by atoms with Crippen LogP contribution < -0.4 is 4.74 Å². The Balaban J connectivity index is 1.53. The van der Waals surface area contributed by atoms with Gasteiger partial charge in [0, 0.05) is 30.4 Å². The van der Waals surface area contributed by atoms with E-state index in [-0.39, 0.29) is 5.97 Å². The van der Waals surface area contributed by atoms with Crippen molar-refractivity contribution in [1.82, 2.24) is 4.57 Å². The molecule has 6 heteroatoms. The molecule has 4 rings (SSSR count). The smallest absolute Gasteiger partial charge is 0.338 e. The molecule has 0 aliphatic carbocycles. The number of methoxy groups -OCH3 is 2. The van der Waals surface area contributed by atoms with Gasteiger partial charge in [0.05, 0.1) is 19.3 Å². The highest BCUT2D eigenvalue weighted by Gasteiger charge is 2.13. The lowest BCUT2D eigenvalue weighted by atomic mass is 9.99. The van der Waals surface area contributed by atoms with Crippen molar-refractivity contribution in [2.24, 2.45) is 0 Å². The standard InChI is InChI=1S/C27H26ClNO4/c1-31-12-13-33-24-5-3-4-20(16-24)18-29-11-10-22-15-19(6-9-26(22)29)14-21-7-8-23(28)17-25(21)27(30)32-2/h3-11,15-17H,12-14,18H2,1-2H3. The Morgan fingerprint density at radius 1 is 0.939 bits per heavy atom. The van der Waals surface area contributed by atoms with E-state index in [2.05, 4.69) is 47.2 Å². The van der Waals surface area contributed by atoms with Gasteiger partial charge in [-0.15, -0.1) is 0 Å². The first kappa shape index (κ1) is 22.9. The number of hydrogen-bond acceptors (Lipinski definition) is 4. The maximum absolute atomic E-state index is 12.2. The zero-order chi connectivity index (χ0) is 23.2. The summed E-state index contributed by atoms with van der Waals surface area (Å²) in [7, 11) is 3.04. The zero-order valence-corrected chi connectivity index (χ0v) is 19.5. The summed E-state index contributed by atoms with van der Waals surface area (Å²) in [6.07, 6.45) is 2.71. The van der Waals surface area contributed by atoms with Crippen LogP contribution in [0, 0.1) is 0 Å². The number of ether oxygens (including phenoxy) is 3. The lowest BCUT2D eigenvalue weighted by molar-refractivity contribution is 0.0599. The summed E-state index contributed by atoms with van der Waals surface area (Å²) < 4.78 is 17.9. The van der Waals surface area contributed by atoms with Crippen LogP contribution >= 0.6 is 11.6 Å². The number of carbonyl (C=O) groups excluding carboxylic acids is 1. The lowest BCUT2D eigenvalue weighted by Crippen LogP contribution is -2.06. The summed E-state index contributed by atoms with van der Waals surface area (Å²) in [5, 5.41) is 1.66. The largest absolute Gasteiger partial charge is 0.491 e. The molecule has 4 aromatic rings. The first-order chi connectivity index (χ1) is 16.1. The Hall–Kier alpha value is -3.28. The minimum absolute atomic E-state index is 0.381. The number of hydrogen-bond donors (Lipinski definition) is 0. The van der Waals surface area contributed by atoms with Crippen LogP contribution in [-0.4, -0.2) is 38.0 Å². The summed E-state index contributed by atoms with van der Waals surface area (Å²) in [5.41, 5.74) is 4.80. The number of carbonyl (C=O) groups is 1. The van der Waals surface area contributed by atoms with Crippen LogP contribution in [0.4, 0.5) is 0 Å². The highest BCUT2D eigenvalue weighted by Crippen LogP contribution is 2.24. The Labute approximate surface area is 198 Å². The fourth-order valence-electron chi connectivity index (χ4n) is 3.89. The highest BCUT2D eigenvalue weighted by molar-refractivity contribution is 6.31. The summed E-state index contributed by atoms with van der Waals surface area (Å²) in [5.74, 6) is 0.459. The highest BCUT2D eigenvalue weighted by atomic mass is 35.5. The van der Waals surface area contributed by atoms with Crippen molar-refractivity contribution < 1.29 is 19.0 Å². The van der Waals surface area contributed by atoms with Crippen molar-refractivity contribution in [1.29, 1.82) is 0 Å². The number of halogens is 1. The minimum atomic E-state index is -0.381. The molecule has 0 saturated carbocycles. The van der Waals surface area contributed by atoms with Crippen LogP contribution in [0.3, 0.4) is 0 Å². The predicted octanol–water partition coefficient (Wildman–Crippen LogP) is 5.75. The van der Waals surface area contributed by atoms with Crippen LogP contribution in [0.25, 0.3) is 10.9 Å². The van der Waals surface area contributed by atoms with Gasteiger partial charge in [0.25, 0.3) is 0 Å². The first-order valence-electron chi connectivity index (χ1n) is 10.7. The van der Waals surface area contributed by atoms with Crippen molar-refractivity contribution in [3.8, 4) is 5.75 Å². The molecule has 0 bridgehead atoms. The molecule has 0 unspecified atom stereocenters. The third kappa shape index (κ3) is 5.56. The fourth-order valence-corrected chi connectivity index (χ4v) is 4.07. The molecule has 0 radical (unpaired) electrons. The third-order valence-electron chi connectivity index (χ3n) is 5.51. The maximum atomic E-state index is 12.2.